The maximum atomic E-state index is 6.74. The number of rotatable bonds is 1. The number of benzene rings is 7. The first-order chi connectivity index (χ1) is 21.0. The van der Waals surface area contributed by atoms with E-state index in [9.17, 15) is 0 Å². The fourth-order valence-corrected chi connectivity index (χ4v) is 8.03. The molecule has 0 saturated carbocycles. The van der Waals surface area contributed by atoms with E-state index in [0.717, 1.165) is 11.2 Å². The van der Waals surface area contributed by atoms with Crippen molar-refractivity contribution >= 4 is 54.3 Å². The lowest BCUT2D eigenvalue weighted by atomic mass is 9.80. The molecule has 1 heterocycles. The van der Waals surface area contributed by atoms with E-state index in [4.69, 9.17) is 4.42 Å². The third kappa shape index (κ3) is 3.30. The minimum Gasteiger partial charge on any atom is -0.455 e. The van der Waals surface area contributed by atoms with E-state index in [-0.39, 0.29) is 10.8 Å². The Hall–Kier alpha value is -4.62. The monoisotopic (exact) mass is 568 g/mol. The highest BCUT2D eigenvalue weighted by Crippen LogP contribution is 2.55. The van der Waals surface area contributed by atoms with Crippen LogP contribution in [0.4, 0.5) is 0 Å². The number of hydrogen-bond acceptors (Lipinski definition) is 1. The number of aryl methyl sites for hydroxylation is 2. The smallest absolute Gasteiger partial charge is 0.143 e. The van der Waals surface area contributed by atoms with Crippen LogP contribution >= 0.6 is 0 Å². The molecule has 44 heavy (non-hydrogen) atoms. The lowest BCUT2D eigenvalue weighted by Gasteiger charge is -2.23. The Morgan fingerprint density at radius 2 is 1.34 bits per heavy atom. The first-order valence-corrected chi connectivity index (χ1v) is 15.8. The molecule has 1 nitrogen and oxygen atoms in total. The van der Waals surface area contributed by atoms with Gasteiger partial charge in [-0.05, 0) is 116 Å². The molecule has 1 aliphatic rings. The molecule has 0 aliphatic heterocycles. The van der Waals surface area contributed by atoms with Crippen LogP contribution in [0.1, 0.15) is 62.4 Å². The minimum absolute atomic E-state index is 0.0593. The molecule has 1 aromatic heterocycles. The van der Waals surface area contributed by atoms with Crippen molar-refractivity contribution in [3.8, 4) is 22.3 Å². The molecule has 1 aliphatic carbocycles. The van der Waals surface area contributed by atoms with Crippen molar-refractivity contribution in [3.63, 3.8) is 0 Å². The van der Waals surface area contributed by atoms with E-state index in [1.54, 1.807) is 0 Å². The summed E-state index contributed by atoms with van der Waals surface area (Å²) in [6, 6.07) is 34.8. The van der Waals surface area contributed by atoms with Gasteiger partial charge in [0.05, 0.1) is 0 Å². The summed E-state index contributed by atoms with van der Waals surface area (Å²) in [5.74, 6) is 0. The Morgan fingerprint density at radius 3 is 2.11 bits per heavy atom. The van der Waals surface area contributed by atoms with Crippen molar-refractivity contribution in [2.45, 2.75) is 59.3 Å². The first kappa shape index (κ1) is 25.8. The molecule has 7 aromatic carbocycles. The molecule has 214 valence electrons. The number of hydrogen-bond donors (Lipinski definition) is 0. The van der Waals surface area contributed by atoms with Crippen molar-refractivity contribution in [1.29, 1.82) is 0 Å². The molecule has 0 saturated heterocycles. The highest BCUT2D eigenvalue weighted by atomic mass is 16.3. The summed E-state index contributed by atoms with van der Waals surface area (Å²) < 4.78 is 6.74. The van der Waals surface area contributed by atoms with E-state index < -0.39 is 0 Å². The molecule has 0 radical (unpaired) electrons. The van der Waals surface area contributed by atoms with Crippen molar-refractivity contribution in [3.05, 3.63) is 119 Å². The van der Waals surface area contributed by atoms with Crippen LogP contribution in [-0.4, -0.2) is 0 Å². The molecule has 0 N–H and O–H groups in total. The highest BCUT2D eigenvalue weighted by Gasteiger charge is 2.37. The lowest BCUT2D eigenvalue weighted by molar-refractivity contribution is 0.590. The number of fused-ring (bicyclic) bond motifs is 8. The van der Waals surface area contributed by atoms with E-state index in [2.05, 4.69) is 139 Å². The summed E-state index contributed by atoms with van der Waals surface area (Å²) >= 11 is 0. The van der Waals surface area contributed by atoms with Gasteiger partial charge in [0.25, 0.3) is 0 Å². The molecule has 0 amide bonds. The van der Waals surface area contributed by atoms with Gasteiger partial charge >= 0.3 is 0 Å². The largest absolute Gasteiger partial charge is 0.455 e. The molecule has 8 aromatic rings. The van der Waals surface area contributed by atoms with Crippen LogP contribution in [0.2, 0.25) is 0 Å². The molecule has 0 unspecified atom stereocenters. The van der Waals surface area contributed by atoms with Gasteiger partial charge in [0, 0.05) is 27.0 Å². The quantitative estimate of drug-likeness (QED) is 0.180. The molecule has 0 atom stereocenters. The fraction of sp³-hybridized carbons (Fsp3) is 0.209. The summed E-state index contributed by atoms with van der Waals surface area (Å²) in [7, 11) is 0. The SMILES string of the molecule is Cc1ccc(-c2cc3c4c(cc5ccc6c7oc8ccc(C(C)(C)C)cc8c7cc2c6c53)C(C)(C)c2ccc(C)cc2-4)cc1. The van der Waals surface area contributed by atoms with E-state index in [1.165, 1.54) is 93.2 Å². The lowest BCUT2D eigenvalue weighted by Crippen LogP contribution is -2.15. The summed E-state index contributed by atoms with van der Waals surface area (Å²) in [5, 5.41) is 10.2. The zero-order valence-corrected chi connectivity index (χ0v) is 26.6. The van der Waals surface area contributed by atoms with Crippen LogP contribution < -0.4 is 0 Å². The van der Waals surface area contributed by atoms with Gasteiger partial charge in [-0.25, -0.2) is 0 Å². The van der Waals surface area contributed by atoms with E-state index >= 15 is 0 Å². The van der Waals surface area contributed by atoms with Gasteiger partial charge in [-0.2, -0.15) is 0 Å². The van der Waals surface area contributed by atoms with Crippen LogP contribution in [0.25, 0.3) is 76.5 Å². The average molecular weight is 569 g/mol. The van der Waals surface area contributed by atoms with Crippen LogP contribution in [0, 0.1) is 13.8 Å². The first-order valence-electron chi connectivity index (χ1n) is 15.8. The predicted octanol–water partition coefficient (Wildman–Crippen LogP) is 12.4. The standard InChI is InChI=1S/C43H36O/c1-23-8-11-25(12-9-23)29-21-34-38-26(19-36-39(34)33-18-24(2)10-16-35(33)43(36,6)7)13-15-28-40(38)31(29)22-32-30-20-27(42(3,4)5)14-17-37(30)44-41(28)32/h8-22H,1-7H3. The van der Waals surface area contributed by atoms with Crippen molar-refractivity contribution < 1.29 is 4.42 Å². The van der Waals surface area contributed by atoms with Crippen LogP contribution in [-0.2, 0) is 10.8 Å². The zero-order chi connectivity index (χ0) is 30.3. The van der Waals surface area contributed by atoms with Gasteiger partial charge in [-0.1, -0.05) is 100 Å². The maximum absolute atomic E-state index is 6.74. The zero-order valence-electron chi connectivity index (χ0n) is 26.6. The average Bonchev–Trinajstić information content (AvgIpc) is 3.46. The Morgan fingerprint density at radius 1 is 0.568 bits per heavy atom. The molecule has 9 rings (SSSR count). The summed E-state index contributed by atoms with van der Waals surface area (Å²) in [5.41, 5.74) is 14.0. The molecular formula is C43H36O. The summed E-state index contributed by atoms with van der Waals surface area (Å²) in [6.45, 7) is 16.0. The van der Waals surface area contributed by atoms with Crippen LogP contribution in [0.15, 0.2) is 95.4 Å². The van der Waals surface area contributed by atoms with Gasteiger partial charge in [0.1, 0.15) is 11.2 Å². The van der Waals surface area contributed by atoms with Crippen molar-refractivity contribution in [1.82, 2.24) is 0 Å². The van der Waals surface area contributed by atoms with Gasteiger partial charge in [0.15, 0.2) is 0 Å². The Balaban J connectivity index is 1.51. The molecule has 0 fully saturated rings. The molecule has 0 spiro atoms. The Labute approximate surface area is 258 Å². The predicted molar refractivity (Wildman–Crippen MR) is 189 cm³/mol. The van der Waals surface area contributed by atoms with Crippen molar-refractivity contribution in [2.24, 2.45) is 0 Å². The summed E-state index contributed by atoms with van der Waals surface area (Å²) in [6.07, 6.45) is 0. The highest BCUT2D eigenvalue weighted by molar-refractivity contribution is 6.34. The van der Waals surface area contributed by atoms with Gasteiger partial charge in [-0.3, -0.25) is 0 Å². The maximum Gasteiger partial charge on any atom is 0.143 e. The molecular weight excluding hydrogens is 532 g/mol. The Kier molecular flexibility index (Phi) is 4.87. The van der Waals surface area contributed by atoms with E-state index in [1.807, 2.05) is 0 Å². The minimum atomic E-state index is -0.0659. The third-order valence-electron chi connectivity index (χ3n) is 10.5. The van der Waals surface area contributed by atoms with Crippen molar-refractivity contribution in [2.75, 3.05) is 0 Å². The Bertz CT molecular complexity index is 2490. The third-order valence-corrected chi connectivity index (χ3v) is 10.5. The molecule has 0 bridgehead atoms. The summed E-state index contributed by atoms with van der Waals surface area (Å²) in [4.78, 5) is 0. The van der Waals surface area contributed by atoms with Gasteiger partial charge < -0.3 is 4.42 Å². The van der Waals surface area contributed by atoms with Gasteiger partial charge in [0.2, 0.25) is 0 Å². The second-order valence-corrected chi connectivity index (χ2v) is 14.8. The number of furan rings is 1. The topological polar surface area (TPSA) is 13.1 Å². The normalized spacial score (nSPS) is 14.4. The second-order valence-electron chi connectivity index (χ2n) is 14.8. The van der Waals surface area contributed by atoms with Gasteiger partial charge in [-0.15, -0.1) is 0 Å². The second kappa shape index (κ2) is 8.30. The van der Waals surface area contributed by atoms with Crippen LogP contribution in [0.5, 0.6) is 0 Å². The van der Waals surface area contributed by atoms with E-state index in [0.29, 0.717) is 0 Å². The fourth-order valence-electron chi connectivity index (χ4n) is 8.03. The van der Waals surface area contributed by atoms with Crippen LogP contribution in [0.3, 0.4) is 0 Å². The molecule has 1 heteroatoms.